The fraction of sp³-hybridized carbons (Fsp3) is 0.240. The Morgan fingerprint density at radius 2 is 1.62 bits per heavy atom. The van der Waals surface area contributed by atoms with Gasteiger partial charge in [-0.2, -0.15) is 13.2 Å². The van der Waals surface area contributed by atoms with E-state index in [2.05, 4.69) is 4.98 Å². The van der Waals surface area contributed by atoms with E-state index >= 15 is 0 Å². The summed E-state index contributed by atoms with van der Waals surface area (Å²) in [4.78, 5) is 4.40. The molecule has 4 nitrogen and oxygen atoms in total. The second-order valence-corrected chi connectivity index (χ2v) is 12.0. The molecule has 0 saturated heterocycles. The Hall–Kier alpha value is -2.70. The van der Waals surface area contributed by atoms with E-state index in [1.54, 1.807) is 30.3 Å². The Labute approximate surface area is 199 Å². The Kier molecular flexibility index (Phi) is 6.83. The molecule has 0 radical (unpaired) electrons. The van der Waals surface area contributed by atoms with Gasteiger partial charge in [-0.25, -0.2) is 9.55 Å². The average molecular weight is 505 g/mol. The summed E-state index contributed by atoms with van der Waals surface area (Å²) in [5.41, 5.74) is 1.79. The minimum absolute atomic E-state index is 0.217. The molecule has 9 heteroatoms. The number of aryl methyl sites for hydroxylation is 2. The number of pyridine rings is 1. The van der Waals surface area contributed by atoms with Crippen LogP contribution in [-0.4, -0.2) is 10.7 Å². The molecule has 4 rings (SSSR count). The molecule has 0 aliphatic carbocycles. The number of nitrogens with zero attached hydrogens (tertiary/aromatic N) is 1. The van der Waals surface area contributed by atoms with Crippen LogP contribution in [0.3, 0.4) is 0 Å². The first-order valence-electron chi connectivity index (χ1n) is 10.7. The zero-order valence-electron chi connectivity index (χ0n) is 18.8. The lowest BCUT2D eigenvalue weighted by atomic mass is 10.1. The van der Waals surface area contributed by atoms with Crippen molar-refractivity contribution < 1.29 is 26.8 Å². The fourth-order valence-corrected chi connectivity index (χ4v) is 6.86. The molecule has 178 valence electrons. The molecule has 0 aliphatic rings. The Bertz CT molecular complexity index is 1410. The number of halogens is 3. The molecule has 4 aromatic rings. The molecule has 0 bridgehead atoms. The van der Waals surface area contributed by atoms with Gasteiger partial charge >= 0.3 is 13.0 Å². The van der Waals surface area contributed by atoms with Gasteiger partial charge in [0.25, 0.3) is 0 Å². The van der Waals surface area contributed by atoms with Gasteiger partial charge in [0.2, 0.25) is 0 Å². The van der Waals surface area contributed by atoms with E-state index in [4.69, 9.17) is 9.05 Å². The van der Waals surface area contributed by atoms with Gasteiger partial charge in [-0.15, -0.1) is 0 Å². The third-order valence-electron chi connectivity index (χ3n) is 5.12. The first-order chi connectivity index (χ1) is 16.1. The Morgan fingerprint density at radius 1 is 0.912 bits per heavy atom. The largest absolute Gasteiger partial charge is 0.492 e. The maximum atomic E-state index is 13.6. The maximum Gasteiger partial charge on any atom is 0.492 e. The molecule has 1 atom stereocenters. The number of rotatable bonds is 7. The molecule has 34 heavy (non-hydrogen) atoms. The first kappa shape index (κ1) is 24.4. The number of benzene rings is 3. The van der Waals surface area contributed by atoms with Crippen LogP contribution >= 0.6 is 18.2 Å². The van der Waals surface area contributed by atoms with Gasteiger partial charge in [-0.05, 0) is 73.6 Å². The summed E-state index contributed by atoms with van der Waals surface area (Å²) in [6, 6.07) is 15.8. The van der Waals surface area contributed by atoms with Crippen molar-refractivity contribution in [1.29, 1.82) is 0 Å². The van der Waals surface area contributed by atoms with Gasteiger partial charge in [0.05, 0.1) is 16.6 Å². The zero-order chi connectivity index (χ0) is 24.5. The molecule has 3 aromatic carbocycles. The van der Waals surface area contributed by atoms with Crippen molar-refractivity contribution in [2.24, 2.45) is 0 Å². The number of fused-ring (bicyclic) bond motifs is 2. The smallest absolute Gasteiger partial charge is 0.408 e. The third kappa shape index (κ3) is 5.50. The number of hydrogen-bond acceptors (Lipinski definition) is 5. The molecular weight excluding hydrogens is 482 g/mol. The number of hydrogen-bond donors (Lipinski definition) is 0. The van der Waals surface area contributed by atoms with Crippen LogP contribution in [0, 0.1) is 13.8 Å². The summed E-state index contributed by atoms with van der Waals surface area (Å²) >= 11 is 1.10. The van der Waals surface area contributed by atoms with Crippen LogP contribution in [0.15, 0.2) is 60.7 Å². The molecule has 0 saturated carbocycles. The van der Waals surface area contributed by atoms with Crippen LogP contribution in [0.2, 0.25) is 0 Å². The minimum Gasteiger partial charge on any atom is -0.408 e. The van der Waals surface area contributed by atoms with Crippen LogP contribution in [-0.2, 0) is 10.7 Å². The van der Waals surface area contributed by atoms with Gasteiger partial charge in [0.15, 0.2) is 0 Å². The third-order valence-corrected chi connectivity index (χ3v) is 8.83. The summed E-state index contributed by atoms with van der Waals surface area (Å²) in [6.07, 6.45) is -3.68. The second kappa shape index (κ2) is 9.51. The van der Waals surface area contributed by atoms with Gasteiger partial charge in [-0.3, -0.25) is 0 Å². The fourth-order valence-electron chi connectivity index (χ4n) is 3.46. The monoisotopic (exact) mass is 505 g/mol. The van der Waals surface area contributed by atoms with E-state index < -0.39 is 18.5 Å². The SMILES string of the molecule is CCCSP(=O)(Oc1ccc2cc3ccc(C(F)(F)F)cc3nc2c1)Oc1ccc(C)cc1C. The highest BCUT2D eigenvalue weighted by Gasteiger charge is 2.31. The predicted molar refractivity (Wildman–Crippen MR) is 132 cm³/mol. The molecule has 0 fully saturated rings. The van der Waals surface area contributed by atoms with Crippen molar-refractivity contribution in [2.45, 2.75) is 33.4 Å². The topological polar surface area (TPSA) is 48.4 Å². The van der Waals surface area contributed by atoms with E-state index in [1.165, 1.54) is 6.07 Å². The lowest BCUT2D eigenvalue weighted by Crippen LogP contribution is -2.04. The predicted octanol–water partition coefficient (Wildman–Crippen LogP) is 8.73. The summed E-state index contributed by atoms with van der Waals surface area (Å²) in [5, 5.41) is 1.32. The maximum absolute atomic E-state index is 13.6. The van der Waals surface area contributed by atoms with Gasteiger partial charge in [-0.1, -0.05) is 30.7 Å². The molecular formula is C25H23F3NO3PS. The Morgan fingerprint density at radius 3 is 2.29 bits per heavy atom. The van der Waals surface area contributed by atoms with Crippen molar-refractivity contribution in [3.63, 3.8) is 0 Å². The van der Waals surface area contributed by atoms with Crippen molar-refractivity contribution in [3.05, 3.63) is 77.4 Å². The average Bonchev–Trinajstić information content (AvgIpc) is 2.77. The van der Waals surface area contributed by atoms with Crippen molar-refractivity contribution in [2.75, 3.05) is 5.75 Å². The lowest BCUT2D eigenvalue weighted by molar-refractivity contribution is -0.137. The van der Waals surface area contributed by atoms with Gasteiger partial charge in [0, 0.05) is 22.6 Å². The van der Waals surface area contributed by atoms with Crippen LogP contribution in [0.4, 0.5) is 13.2 Å². The number of alkyl halides is 3. The van der Waals surface area contributed by atoms with Crippen molar-refractivity contribution in [3.8, 4) is 11.5 Å². The van der Waals surface area contributed by atoms with Crippen LogP contribution in [0.1, 0.15) is 30.0 Å². The summed E-state index contributed by atoms with van der Waals surface area (Å²) in [5.74, 6) is 1.31. The van der Waals surface area contributed by atoms with Crippen LogP contribution < -0.4 is 9.05 Å². The summed E-state index contributed by atoms with van der Waals surface area (Å²) < 4.78 is 64.7. The molecule has 0 aliphatic heterocycles. The van der Waals surface area contributed by atoms with Gasteiger partial charge in [0.1, 0.15) is 11.5 Å². The van der Waals surface area contributed by atoms with Crippen molar-refractivity contribution >= 4 is 40.0 Å². The van der Waals surface area contributed by atoms with E-state index in [0.717, 1.165) is 46.4 Å². The Balaban J connectivity index is 1.69. The molecule has 0 amide bonds. The standard InChI is InChI=1S/C25H23F3NO3PS/c1-4-11-34-33(30,32-24-10-5-16(2)12-17(24)3)31-21-9-7-19-13-18-6-8-20(25(26,27)28)14-22(18)29-23(19)15-21/h5-10,12-15H,4,11H2,1-3H3. The van der Waals surface area contributed by atoms with Crippen LogP contribution in [0.5, 0.6) is 11.5 Å². The minimum atomic E-state index is -4.45. The van der Waals surface area contributed by atoms with E-state index in [-0.39, 0.29) is 11.3 Å². The first-order valence-corrected chi connectivity index (χ1v) is 13.8. The second-order valence-electron chi connectivity index (χ2n) is 7.98. The van der Waals surface area contributed by atoms with E-state index in [9.17, 15) is 17.7 Å². The molecule has 1 aromatic heterocycles. The normalized spacial score (nSPS) is 13.7. The summed E-state index contributed by atoms with van der Waals surface area (Å²) in [7, 11) is 0. The van der Waals surface area contributed by atoms with Crippen molar-refractivity contribution in [1.82, 2.24) is 4.98 Å². The quantitative estimate of drug-likeness (QED) is 0.186. The lowest BCUT2D eigenvalue weighted by Gasteiger charge is -2.20. The van der Waals surface area contributed by atoms with Crippen LogP contribution in [0.25, 0.3) is 21.8 Å². The van der Waals surface area contributed by atoms with E-state index in [1.807, 2.05) is 32.9 Å². The van der Waals surface area contributed by atoms with E-state index in [0.29, 0.717) is 22.4 Å². The highest BCUT2D eigenvalue weighted by Crippen LogP contribution is 2.60. The zero-order valence-corrected chi connectivity index (χ0v) is 20.6. The molecule has 1 heterocycles. The molecule has 1 unspecified atom stereocenters. The van der Waals surface area contributed by atoms with Gasteiger partial charge < -0.3 is 9.05 Å². The molecule has 0 spiro atoms. The number of aromatic nitrogens is 1. The highest BCUT2D eigenvalue weighted by molar-refractivity contribution is 8.55. The molecule has 0 N–H and O–H groups in total. The summed E-state index contributed by atoms with van der Waals surface area (Å²) in [6.45, 7) is 2.16. The highest BCUT2D eigenvalue weighted by atomic mass is 32.7.